The number of hydrogen-bond donors (Lipinski definition) is 0. The van der Waals surface area contributed by atoms with Crippen LogP contribution >= 0.6 is 11.6 Å². The lowest BCUT2D eigenvalue weighted by molar-refractivity contribution is -0.135. The molecular formula is C25H33ClN4O4. The van der Waals surface area contributed by atoms with Crippen molar-refractivity contribution >= 4 is 23.4 Å². The topological polar surface area (TPSA) is 79.1 Å². The molecule has 0 aliphatic carbocycles. The van der Waals surface area contributed by atoms with E-state index in [0.717, 1.165) is 31.9 Å². The predicted molar refractivity (Wildman–Crippen MR) is 129 cm³/mol. The molecule has 0 saturated carbocycles. The lowest BCUT2D eigenvalue weighted by Gasteiger charge is -2.40. The molecule has 0 spiro atoms. The Morgan fingerprint density at radius 2 is 1.82 bits per heavy atom. The zero-order chi connectivity index (χ0) is 24.2. The monoisotopic (exact) mass is 488 g/mol. The van der Waals surface area contributed by atoms with Gasteiger partial charge < -0.3 is 24.0 Å². The fourth-order valence-corrected chi connectivity index (χ4v) is 4.86. The fraction of sp³-hybridized carbons (Fsp3) is 0.560. The quantitative estimate of drug-likeness (QED) is 0.621. The van der Waals surface area contributed by atoms with Crippen LogP contribution in [-0.4, -0.2) is 84.1 Å². The molecule has 8 nitrogen and oxygen atoms in total. The van der Waals surface area contributed by atoms with E-state index in [1.807, 2.05) is 28.9 Å². The van der Waals surface area contributed by atoms with E-state index in [1.165, 1.54) is 0 Å². The fourth-order valence-electron chi connectivity index (χ4n) is 4.74. The summed E-state index contributed by atoms with van der Waals surface area (Å²) >= 11 is 6.02. The Morgan fingerprint density at radius 1 is 1.12 bits per heavy atom. The van der Waals surface area contributed by atoms with Crippen molar-refractivity contribution < 1.29 is 18.8 Å². The maximum absolute atomic E-state index is 13.4. The SMILES string of the molecule is CCc1noc(C)c1C(=O)N1CC[C@H](Oc2ccc(Cl)cc2)[C@@H](CC(=O)N2CCN(C)CC2)C1. The third-order valence-electron chi connectivity index (χ3n) is 6.83. The second-order valence-electron chi connectivity index (χ2n) is 9.21. The van der Waals surface area contributed by atoms with Crippen LogP contribution in [0.4, 0.5) is 0 Å². The molecule has 0 bridgehead atoms. The molecule has 2 saturated heterocycles. The van der Waals surface area contributed by atoms with E-state index in [2.05, 4.69) is 17.1 Å². The highest BCUT2D eigenvalue weighted by atomic mass is 35.5. The summed E-state index contributed by atoms with van der Waals surface area (Å²) in [4.78, 5) is 32.6. The van der Waals surface area contributed by atoms with Gasteiger partial charge in [-0.15, -0.1) is 0 Å². The summed E-state index contributed by atoms with van der Waals surface area (Å²) in [6.45, 7) is 7.92. The number of piperazine rings is 1. The lowest BCUT2D eigenvalue weighted by Crippen LogP contribution is -2.51. The highest BCUT2D eigenvalue weighted by Gasteiger charge is 2.37. The maximum atomic E-state index is 13.4. The van der Waals surface area contributed by atoms with Crippen LogP contribution in [0.2, 0.25) is 5.02 Å². The normalized spacial score (nSPS) is 21.5. The molecular weight excluding hydrogens is 456 g/mol. The van der Waals surface area contributed by atoms with Gasteiger partial charge in [-0.2, -0.15) is 0 Å². The van der Waals surface area contributed by atoms with Crippen molar-refractivity contribution in [2.45, 2.75) is 39.2 Å². The van der Waals surface area contributed by atoms with Crippen LogP contribution in [0, 0.1) is 12.8 Å². The van der Waals surface area contributed by atoms with Gasteiger partial charge in [0, 0.05) is 63.1 Å². The number of likely N-dealkylation sites (N-methyl/N-ethyl adjacent to an activating group) is 1. The third kappa shape index (κ3) is 5.55. The van der Waals surface area contributed by atoms with E-state index < -0.39 is 0 Å². The van der Waals surface area contributed by atoms with E-state index >= 15 is 0 Å². The lowest BCUT2D eigenvalue weighted by atomic mass is 9.90. The summed E-state index contributed by atoms with van der Waals surface area (Å²) in [5.41, 5.74) is 1.22. The smallest absolute Gasteiger partial charge is 0.259 e. The summed E-state index contributed by atoms with van der Waals surface area (Å²) < 4.78 is 11.6. The molecule has 2 aliphatic rings. The molecule has 3 heterocycles. The van der Waals surface area contributed by atoms with Gasteiger partial charge in [0.1, 0.15) is 23.2 Å². The van der Waals surface area contributed by atoms with Crippen molar-refractivity contribution in [2.75, 3.05) is 46.3 Å². The Bertz CT molecular complexity index is 1000. The summed E-state index contributed by atoms with van der Waals surface area (Å²) in [5.74, 6) is 1.16. The molecule has 1 aromatic heterocycles. The van der Waals surface area contributed by atoms with Crippen LogP contribution in [0.3, 0.4) is 0 Å². The van der Waals surface area contributed by atoms with Crippen molar-refractivity contribution in [1.82, 2.24) is 19.9 Å². The number of aromatic nitrogens is 1. The minimum absolute atomic E-state index is 0.0856. The molecule has 34 heavy (non-hydrogen) atoms. The molecule has 9 heteroatoms. The number of nitrogens with zero attached hydrogens (tertiary/aromatic N) is 4. The zero-order valence-corrected chi connectivity index (χ0v) is 20.9. The average molecular weight is 489 g/mol. The van der Waals surface area contributed by atoms with Gasteiger partial charge in [-0.3, -0.25) is 9.59 Å². The summed E-state index contributed by atoms with van der Waals surface area (Å²) in [6.07, 6.45) is 1.44. The number of halogens is 1. The molecule has 0 radical (unpaired) electrons. The number of piperidine rings is 1. The minimum Gasteiger partial charge on any atom is -0.490 e. The number of carbonyl (C=O) groups excluding carboxylic acids is 2. The summed E-state index contributed by atoms with van der Waals surface area (Å²) in [6, 6.07) is 7.27. The standard InChI is InChI=1S/C25H33ClN4O4/c1-4-21-24(17(2)34-27-21)25(32)30-10-9-22(33-20-7-5-19(26)6-8-20)18(16-30)15-23(31)29-13-11-28(3)12-14-29/h5-8,18,22H,4,9-16H2,1-3H3/t18-,22-/m0/s1. The Labute approximate surface area is 205 Å². The van der Waals surface area contributed by atoms with Gasteiger partial charge in [0.05, 0.1) is 5.69 Å². The number of likely N-dealkylation sites (tertiary alicyclic amines) is 1. The molecule has 1 aromatic carbocycles. The molecule has 2 amide bonds. The number of carbonyl (C=O) groups is 2. The number of amides is 2. The molecule has 184 valence electrons. The van der Waals surface area contributed by atoms with E-state index in [-0.39, 0.29) is 23.8 Å². The van der Waals surface area contributed by atoms with Gasteiger partial charge in [0.25, 0.3) is 5.91 Å². The Hall–Kier alpha value is -2.58. The van der Waals surface area contributed by atoms with Gasteiger partial charge in [-0.1, -0.05) is 23.7 Å². The molecule has 2 aliphatic heterocycles. The van der Waals surface area contributed by atoms with Gasteiger partial charge in [-0.05, 0) is 44.7 Å². The van der Waals surface area contributed by atoms with Crippen molar-refractivity contribution in [1.29, 1.82) is 0 Å². The first-order chi connectivity index (χ1) is 16.4. The van der Waals surface area contributed by atoms with Crippen molar-refractivity contribution in [3.8, 4) is 5.75 Å². The Morgan fingerprint density at radius 3 is 2.50 bits per heavy atom. The molecule has 0 unspecified atom stereocenters. The predicted octanol–water partition coefficient (Wildman–Crippen LogP) is 3.27. The van der Waals surface area contributed by atoms with Gasteiger partial charge >= 0.3 is 0 Å². The molecule has 4 rings (SSSR count). The molecule has 2 fully saturated rings. The van der Waals surface area contributed by atoms with Crippen LogP contribution in [0.15, 0.2) is 28.8 Å². The Balaban J connectivity index is 1.50. The maximum Gasteiger partial charge on any atom is 0.259 e. The summed E-state index contributed by atoms with van der Waals surface area (Å²) in [5, 5.41) is 4.68. The average Bonchev–Trinajstić information content (AvgIpc) is 3.21. The third-order valence-corrected chi connectivity index (χ3v) is 7.08. The number of aryl methyl sites for hydroxylation is 2. The highest BCUT2D eigenvalue weighted by Crippen LogP contribution is 2.29. The van der Waals surface area contributed by atoms with Crippen LogP contribution in [-0.2, 0) is 11.2 Å². The van der Waals surface area contributed by atoms with Crippen molar-refractivity contribution in [3.63, 3.8) is 0 Å². The second-order valence-corrected chi connectivity index (χ2v) is 9.65. The van der Waals surface area contributed by atoms with E-state index in [0.29, 0.717) is 54.4 Å². The first-order valence-corrected chi connectivity index (χ1v) is 12.4. The molecule has 2 atom stereocenters. The van der Waals surface area contributed by atoms with Gasteiger partial charge in [-0.25, -0.2) is 0 Å². The number of hydrogen-bond acceptors (Lipinski definition) is 6. The van der Waals surface area contributed by atoms with Crippen LogP contribution < -0.4 is 4.74 Å². The number of rotatable bonds is 6. The van der Waals surface area contributed by atoms with E-state index in [1.54, 1.807) is 19.1 Å². The highest BCUT2D eigenvalue weighted by molar-refractivity contribution is 6.30. The van der Waals surface area contributed by atoms with Crippen LogP contribution in [0.25, 0.3) is 0 Å². The van der Waals surface area contributed by atoms with Gasteiger partial charge in [0.15, 0.2) is 0 Å². The molecule has 2 aromatic rings. The first kappa shape index (κ1) is 24.5. The van der Waals surface area contributed by atoms with Crippen molar-refractivity contribution in [3.05, 3.63) is 46.3 Å². The first-order valence-electron chi connectivity index (χ1n) is 12.0. The van der Waals surface area contributed by atoms with E-state index in [4.69, 9.17) is 20.9 Å². The zero-order valence-electron chi connectivity index (χ0n) is 20.1. The minimum atomic E-state index is -0.171. The van der Waals surface area contributed by atoms with Crippen molar-refractivity contribution in [2.24, 2.45) is 5.92 Å². The number of ether oxygens (including phenoxy) is 1. The van der Waals surface area contributed by atoms with Crippen LogP contribution in [0.5, 0.6) is 5.75 Å². The largest absolute Gasteiger partial charge is 0.490 e. The number of benzene rings is 1. The van der Waals surface area contributed by atoms with E-state index in [9.17, 15) is 9.59 Å². The van der Waals surface area contributed by atoms with Gasteiger partial charge in [0.2, 0.25) is 5.91 Å². The summed E-state index contributed by atoms with van der Waals surface area (Å²) in [7, 11) is 2.07. The molecule has 0 N–H and O–H groups in total. The van der Waals surface area contributed by atoms with Crippen LogP contribution in [0.1, 0.15) is 41.6 Å². The second kappa shape index (κ2) is 10.8. The Kier molecular flexibility index (Phi) is 7.78.